The Hall–Kier alpha value is -2.18. The second-order valence-corrected chi connectivity index (χ2v) is 10.1. The zero-order valence-corrected chi connectivity index (χ0v) is 18.9. The van der Waals surface area contributed by atoms with Gasteiger partial charge < -0.3 is 9.64 Å². The molecule has 1 atom stereocenters. The predicted octanol–water partition coefficient (Wildman–Crippen LogP) is 4.98. The normalized spacial score (nSPS) is 19.8. The van der Waals surface area contributed by atoms with E-state index in [4.69, 9.17) is 16.3 Å². The molecule has 0 unspecified atom stereocenters. The highest BCUT2D eigenvalue weighted by Gasteiger charge is 2.42. The number of fused-ring (bicyclic) bond motifs is 1. The van der Waals surface area contributed by atoms with Crippen molar-refractivity contribution >= 4 is 34.6 Å². The third kappa shape index (κ3) is 4.15. The van der Waals surface area contributed by atoms with Gasteiger partial charge in [-0.1, -0.05) is 55.8 Å². The average molecular weight is 457 g/mol. The number of ketones is 1. The highest BCUT2D eigenvalue weighted by Crippen LogP contribution is 2.40. The summed E-state index contributed by atoms with van der Waals surface area (Å²) in [6.45, 7) is 0.446. The molecule has 2 aliphatic heterocycles. The van der Waals surface area contributed by atoms with E-state index in [0.29, 0.717) is 35.4 Å². The summed E-state index contributed by atoms with van der Waals surface area (Å²) in [5, 5.41) is 3.20. The Balaban J connectivity index is 1.38. The van der Waals surface area contributed by atoms with Gasteiger partial charge in [0, 0.05) is 35.7 Å². The molecular formula is C24H25ClN2O3S. The number of amides is 1. The van der Waals surface area contributed by atoms with Crippen LogP contribution < -0.4 is 4.74 Å². The molecule has 0 bridgehead atoms. The highest BCUT2D eigenvalue weighted by molar-refractivity contribution is 7.09. The van der Waals surface area contributed by atoms with Gasteiger partial charge in [0.25, 0.3) is 5.91 Å². The summed E-state index contributed by atoms with van der Waals surface area (Å²) in [6, 6.07) is 5.21. The van der Waals surface area contributed by atoms with Crippen LogP contribution in [0.15, 0.2) is 41.1 Å². The van der Waals surface area contributed by atoms with E-state index in [1.807, 2.05) is 17.5 Å². The smallest absolute Gasteiger partial charge is 0.290 e. The van der Waals surface area contributed by atoms with Crippen molar-refractivity contribution in [3.8, 4) is 5.75 Å². The molecule has 1 aromatic heterocycles. The molecule has 3 heterocycles. The van der Waals surface area contributed by atoms with Crippen LogP contribution in [0.5, 0.6) is 5.75 Å². The Labute approximate surface area is 191 Å². The lowest BCUT2D eigenvalue weighted by Gasteiger charge is -2.31. The lowest BCUT2D eigenvalue weighted by Crippen LogP contribution is -2.45. The van der Waals surface area contributed by atoms with Crippen molar-refractivity contribution in [3.05, 3.63) is 56.7 Å². The molecule has 1 aromatic carbocycles. The molecule has 2 aromatic rings. The predicted molar refractivity (Wildman–Crippen MR) is 120 cm³/mol. The number of carbonyl (C=O) groups excluding carboxylic acids is 2. The van der Waals surface area contributed by atoms with Crippen LogP contribution >= 0.6 is 22.9 Å². The first-order valence-electron chi connectivity index (χ1n) is 11.0. The Bertz CT molecular complexity index is 1030. The minimum absolute atomic E-state index is 0.0734. The largest absolute Gasteiger partial charge is 0.450 e. The van der Waals surface area contributed by atoms with Gasteiger partial charge in [0.2, 0.25) is 0 Å². The van der Waals surface area contributed by atoms with Crippen molar-refractivity contribution in [3.63, 3.8) is 0 Å². The number of benzene rings is 1. The maximum Gasteiger partial charge on any atom is 0.290 e. The van der Waals surface area contributed by atoms with Gasteiger partial charge in [-0.25, -0.2) is 4.98 Å². The molecule has 0 spiro atoms. The van der Waals surface area contributed by atoms with Crippen LogP contribution in [0.1, 0.15) is 49.1 Å². The average Bonchev–Trinajstić information content (AvgIpc) is 3.40. The maximum absolute atomic E-state index is 13.4. The first-order chi connectivity index (χ1) is 15.1. The van der Waals surface area contributed by atoms with E-state index in [9.17, 15) is 9.59 Å². The molecule has 3 aliphatic rings. The fourth-order valence-corrected chi connectivity index (χ4v) is 5.91. The molecule has 1 saturated carbocycles. The molecule has 5 rings (SSSR count). The van der Waals surface area contributed by atoms with Gasteiger partial charge in [-0.15, -0.1) is 11.3 Å². The summed E-state index contributed by atoms with van der Waals surface area (Å²) in [7, 11) is 0. The second-order valence-electron chi connectivity index (χ2n) is 8.70. The van der Waals surface area contributed by atoms with Crippen LogP contribution in [0.2, 0.25) is 5.02 Å². The zero-order valence-electron chi connectivity index (χ0n) is 17.3. The summed E-state index contributed by atoms with van der Waals surface area (Å²) < 4.78 is 5.99. The number of hydrogen-bond acceptors (Lipinski definition) is 5. The Morgan fingerprint density at radius 3 is 2.90 bits per heavy atom. The van der Waals surface area contributed by atoms with Gasteiger partial charge in [-0.2, -0.15) is 0 Å². The van der Waals surface area contributed by atoms with E-state index in [1.54, 1.807) is 17.2 Å². The number of aromatic nitrogens is 1. The lowest BCUT2D eigenvalue weighted by molar-refractivity contribution is -0.136. The topological polar surface area (TPSA) is 59.5 Å². The van der Waals surface area contributed by atoms with Crippen molar-refractivity contribution in [1.29, 1.82) is 0 Å². The molecule has 0 saturated heterocycles. The molecule has 7 heteroatoms. The number of hydrogen-bond donors (Lipinski definition) is 0. The van der Waals surface area contributed by atoms with Gasteiger partial charge in [-0.05, 0) is 18.4 Å². The molecule has 1 amide bonds. The van der Waals surface area contributed by atoms with E-state index in [2.05, 4.69) is 4.98 Å². The van der Waals surface area contributed by atoms with Crippen LogP contribution in [0.4, 0.5) is 0 Å². The number of rotatable bonds is 6. The Morgan fingerprint density at radius 1 is 1.29 bits per heavy atom. The Kier molecular flexibility index (Phi) is 5.85. The van der Waals surface area contributed by atoms with Crippen LogP contribution in [0.3, 0.4) is 0 Å². The summed E-state index contributed by atoms with van der Waals surface area (Å²) in [5.74, 6) is 1.29. The minimum atomic E-state index is -0.438. The second kappa shape index (κ2) is 8.75. The first-order valence-corrected chi connectivity index (χ1v) is 12.2. The third-order valence-electron chi connectivity index (χ3n) is 6.63. The number of halogens is 1. The SMILES string of the molecule is O=C(Cc1nccs1)[C@H](CC1CCCCC1)N1CC2=C(Oc3c(Cl)cccc3C2)C1=O. The first kappa shape index (κ1) is 20.7. The number of nitrogens with zero attached hydrogens (tertiary/aromatic N) is 2. The van der Waals surface area contributed by atoms with Gasteiger partial charge in [0.15, 0.2) is 11.5 Å². The van der Waals surface area contributed by atoms with Crippen LogP contribution in [0.25, 0.3) is 0 Å². The van der Waals surface area contributed by atoms with E-state index in [-0.39, 0.29) is 18.1 Å². The van der Waals surface area contributed by atoms with Crippen LogP contribution in [-0.4, -0.2) is 34.2 Å². The zero-order chi connectivity index (χ0) is 21.4. The molecule has 5 nitrogen and oxygen atoms in total. The van der Waals surface area contributed by atoms with E-state index in [0.717, 1.165) is 35.4 Å². The van der Waals surface area contributed by atoms with Gasteiger partial charge in [-0.3, -0.25) is 9.59 Å². The monoisotopic (exact) mass is 456 g/mol. The molecule has 0 radical (unpaired) electrons. The van der Waals surface area contributed by atoms with Crippen molar-refractivity contribution in [2.24, 2.45) is 5.92 Å². The molecule has 162 valence electrons. The quantitative estimate of drug-likeness (QED) is 0.615. The summed E-state index contributed by atoms with van der Waals surface area (Å²) >= 11 is 7.79. The third-order valence-corrected chi connectivity index (χ3v) is 7.71. The number of ether oxygens (including phenoxy) is 1. The number of thiazole rings is 1. The van der Waals surface area contributed by atoms with Crippen LogP contribution in [-0.2, 0) is 22.4 Å². The van der Waals surface area contributed by atoms with Gasteiger partial charge in [0.1, 0.15) is 5.75 Å². The minimum Gasteiger partial charge on any atom is -0.450 e. The number of carbonyl (C=O) groups is 2. The molecule has 31 heavy (non-hydrogen) atoms. The van der Waals surface area contributed by atoms with Crippen LogP contribution in [0, 0.1) is 5.92 Å². The number of para-hydroxylation sites is 1. The van der Waals surface area contributed by atoms with Crippen molar-refractivity contribution < 1.29 is 14.3 Å². The van der Waals surface area contributed by atoms with Crippen molar-refractivity contribution in [2.45, 2.75) is 57.4 Å². The summed E-state index contributed by atoms with van der Waals surface area (Å²) in [5.41, 5.74) is 1.93. The van der Waals surface area contributed by atoms with Crippen molar-refractivity contribution in [1.82, 2.24) is 9.88 Å². The summed E-state index contributed by atoms with van der Waals surface area (Å²) in [6.07, 6.45) is 9.29. The van der Waals surface area contributed by atoms with E-state index < -0.39 is 6.04 Å². The molecular weight excluding hydrogens is 432 g/mol. The van der Waals surface area contributed by atoms with Gasteiger partial charge in [0.05, 0.1) is 22.5 Å². The molecule has 1 aliphatic carbocycles. The fourth-order valence-electron chi connectivity index (χ4n) is 5.05. The lowest BCUT2D eigenvalue weighted by atomic mass is 9.83. The maximum atomic E-state index is 13.4. The van der Waals surface area contributed by atoms with E-state index in [1.165, 1.54) is 30.6 Å². The standard InChI is InChI=1S/C24H25ClN2O3S/c25-18-8-4-7-16-12-17-14-27(24(29)23(17)30-22(16)18)19(11-15-5-2-1-3-6-15)20(28)13-21-26-9-10-31-21/h4,7-10,15,19H,1-3,5-6,11-14H2/t19-/m0/s1. The highest BCUT2D eigenvalue weighted by atomic mass is 35.5. The molecule has 1 fully saturated rings. The van der Waals surface area contributed by atoms with Crippen molar-refractivity contribution in [2.75, 3.05) is 6.54 Å². The van der Waals surface area contributed by atoms with Gasteiger partial charge >= 0.3 is 0 Å². The van der Waals surface area contributed by atoms with E-state index >= 15 is 0 Å². The fraction of sp³-hybridized carbons (Fsp3) is 0.458. The number of Topliss-reactive ketones (excluding diaryl/α,β-unsaturated/α-hetero) is 1. The summed E-state index contributed by atoms with van der Waals surface area (Å²) in [4.78, 5) is 32.8. The molecule has 0 N–H and O–H groups in total. The Morgan fingerprint density at radius 2 is 2.13 bits per heavy atom.